The van der Waals surface area contributed by atoms with E-state index in [0.717, 1.165) is 36.8 Å². The first-order chi connectivity index (χ1) is 6.63. The highest BCUT2D eigenvalue weighted by Crippen LogP contribution is 2.43. The van der Waals surface area contributed by atoms with Gasteiger partial charge in [0.25, 0.3) is 0 Å². The van der Waals surface area contributed by atoms with Crippen LogP contribution < -0.4 is 0 Å². The zero-order valence-corrected chi connectivity index (χ0v) is 8.45. The van der Waals surface area contributed by atoms with Crippen LogP contribution in [-0.4, -0.2) is 10.2 Å². The Morgan fingerprint density at radius 1 is 1.21 bits per heavy atom. The second kappa shape index (κ2) is 3.28. The highest BCUT2D eigenvalue weighted by Gasteiger charge is 2.36. The molecule has 0 heterocycles. The number of phenolic OH excluding ortho intramolecular Hbond substituents is 1. The highest BCUT2D eigenvalue weighted by molar-refractivity contribution is 5.43. The lowest BCUT2D eigenvalue weighted by molar-refractivity contribution is 0.0414. The Morgan fingerprint density at radius 3 is 2.43 bits per heavy atom. The van der Waals surface area contributed by atoms with Crippen molar-refractivity contribution in [3.8, 4) is 5.75 Å². The largest absolute Gasteiger partial charge is 0.508 e. The molecule has 1 aromatic carbocycles. The minimum atomic E-state index is -0.782. The van der Waals surface area contributed by atoms with Crippen molar-refractivity contribution >= 4 is 0 Å². The summed E-state index contributed by atoms with van der Waals surface area (Å²) in [6.45, 7) is 1.94. The van der Waals surface area contributed by atoms with Gasteiger partial charge in [0.2, 0.25) is 0 Å². The molecule has 2 N–H and O–H groups in total. The summed E-state index contributed by atoms with van der Waals surface area (Å²) in [4.78, 5) is 0. The Bertz CT molecular complexity index is 318. The van der Waals surface area contributed by atoms with Crippen LogP contribution in [-0.2, 0) is 5.60 Å². The van der Waals surface area contributed by atoms with Gasteiger partial charge in [-0.1, -0.05) is 25.0 Å². The van der Waals surface area contributed by atoms with Crippen LogP contribution in [0.3, 0.4) is 0 Å². The van der Waals surface area contributed by atoms with Gasteiger partial charge in [-0.25, -0.2) is 0 Å². The molecule has 1 fully saturated rings. The third kappa shape index (κ3) is 1.40. The fraction of sp³-hybridized carbons (Fsp3) is 0.500. The molecule has 0 radical (unpaired) electrons. The molecule has 0 bridgehead atoms. The number of rotatable bonds is 1. The van der Waals surface area contributed by atoms with E-state index in [0.29, 0.717) is 0 Å². The first-order valence-corrected chi connectivity index (χ1v) is 5.15. The lowest BCUT2D eigenvalue weighted by Crippen LogP contribution is -2.22. The quantitative estimate of drug-likeness (QED) is 0.717. The van der Waals surface area contributed by atoms with E-state index in [2.05, 4.69) is 0 Å². The van der Waals surface area contributed by atoms with E-state index in [9.17, 15) is 10.2 Å². The maximum absolute atomic E-state index is 10.4. The first-order valence-electron chi connectivity index (χ1n) is 5.15. The average molecular weight is 192 g/mol. The fourth-order valence-corrected chi connectivity index (χ4v) is 2.47. The predicted octanol–water partition coefficient (Wildman–Crippen LogP) is 2.46. The third-order valence-corrected chi connectivity index (χ3v) is 3.15. The molecule has 1 aliphatic carbocycles. The van der Waals surface area contributed by atoms with E-state index in [4.69, 9.17) is 0 Å². The second-order valence-electron chi connectivity index (χ2n) is 4.21. The van der Waals surface area contributed by atoms with Gasteiger partial charge in [-0.3, -0.25) is 0 Å². The molecule has 0 aromatic heterocycles. The Balaban J connectivity index is 2.49. The van der Waals surface area contributed by atoms with Crippen LogP contribution in [0.15, 0.2) is 18.2 Å². The molecule has 2 heteroatoms. The van der Waals surface area contributed by atoms with E-state index >= 15 is 0 Å². The topological polar surface area (TPSA) is 40.5 Å². The minimum absolute atomic E-state index is 0.231. The molecule has 1 aromatic rings. The lowest BCUT2D eigenvalue weighted by Gasteiger charge is -2.25. The van der Waals surface area contributed by atoms with Gasteiger partial charge in [-0.2, -0.15) is 0 Å². The summed E-state index contributed by atoms with van der Waals surface area (Å²) in [5.74, 6) is 0.231. The van der Waals surface area contributed by atoms with Crippen LogP contribution in [0, 0.1) is 6.92 Å². The summed E-state index contributed by atoms with van der Waals surface area (Å²) in [5, 5.41) is 20.1. The van der Waals surface area contributed by atoms with Gasteiger partial charge in [-0.05, 0) is 31.4 Å². The number of hydrogen-bond donors (Lipinski definition) is 2. The Morgan fingerprint density at radius 2 is 1.86 bits per heavy atom. The van der Waals surface area contributed by atoms with Crippen LogP contribution in [0.5, 0.6) is 5.75 Å². The molecule has 2 rings (SSSR count). The standard InChI is InChI=1S/C12H16O2/c1-9-5-4-6-10(13)11(9)12(14)7-2-3-8-12/h4-6,13-14H,2-3,7-8H2,1H3. The molecule has 1 aliphatic rings. The van der Waals surface area contributed by atoms with Crippen molar-refractivity contribution in [1.82, 2.24) is 0 Å². The van der Waals surface area contributed by atoms with Crippen molar-refractivity contribution in [3.63, 3.8) is 0 Å². The van der Waals surface area contributed by atoms with Gasteiger partial charge < -0.3 is 10.2 Å². The molecule has 0 saturated heterocycles. The van der Waals surface area contributed by atoms with Gasteiger partial charge in [0.05, 0.1) is 5.60 Å². The maximum Gasteiger partial charge on any atom is 0.121 e. The van der Waals surface area contributed by atoms with Crippen molar-refractivity contribution in [2.45, 2.75) is 38.2 Å². The monoisotopic (exact) mass is 192 g/mol. The Kier molecular flexibility index (Phi) is 2.23. The normalized spacial score (nSPS) is 19.9. The van der Waals surface area contributed by atoms with Gasteiger partial charge in [0.15, 0.2) is 0 Å². The number of benzene rings is 1. The zero-order chi connectivity index (χ0) is 10.2. The highest BCUT2D eigenvalue weighted by atomic mass is 16.3. The third-order valence-electron chi connectivity index (χ3n) is 3.15. The average Bonchev–Trinajstić information content (AvgIpc) is 2.52. The zero-order valence-electron chi connectivity index (χ0n) is 8.45. The van der Waals surface area contributed by atoms with Gasteiger partial charge in [0, 0.05) is 5.56 Å². The van der Waals surface area contributed by atoms with E-state index in [1.165, 1.54) is 0 Å². The summed E-state index contributed by atoms with van der Waals surface area (Å²) < 4.78 is 0. The minimum Gasteiger partial charge on any atom is -0.508 e. The van der Waals surface area contributed by atoms with Crippen LogP contribution >= 0.6 is 0 Å². The molecule has 76 valence electrons. The SMILES string of the molecule is Cc1cccc(O)c1C1(O)CCCC1. The molecule has 1 saturated carbocycles. The Hall–Kier alpha value is -1.02. The summed E-state index contributed by atoms with van der Waals surface area (Å²) in [5.41, 5.74) is 0.932. The number of hydrogen-bond acceptors (Lipinski definition) is 2. The van der Waals surface area contributed by atoms with Crippen molar-refractivity contribution in [2.24, 2.45) is 0 Å². The summed E-state index contributed by atoms with van der Waals surface area (Å²) in [7, 11) is 0. The number of aryl methyl sites for hydroxylation is 1. The summed E-state index contributed by atoms with van der Waals surface area (Å²) in [6.07, 6.45) is 3.63. The van der Waals surface area contributed by atoms with E-state index in [1.54, 1.807) is 6.07 Å². The fourth-order valence-electron chi connectivity index (χ4n) is 2.47. The van der Waals surface area contributed by atoms with Gasteiger partial charge >= 0.3 is 0 Å². The summed E-state index contributed by atoms with van der Waals surface area (Å²) >= 11 is 0. The number of phenols is 1. The van der Waals surface area contributed by atoms with Crippen molar-refractivity contribution in [3.05, 3.63) is 29.3 Å². The van der Waals surface area contributed by atoms with E-state index in [-0.39, 0.29) is 5.75 Å². The number of aliphatic hydroxyl groups is 1. The van der Waals surface area contributed by atoms with E-state index < -0.39 is 5.60 Å². The maximum atomic E-state index is 10.4. The second-order valence-corrected chi connectivity index (χ2v) is 4.21. The van der Waals surface area contributed by atoms with Crippen LogP contribution in [0.25, 0.3) is 0 Å². The molecular formula is C12H16O2. The van der Waals surface area contributed by atoms with Crippen molar-refractivity contribution in [2.75, 3.05) is 0 Å². The smallest absolute Gasteiger partial charge is 0.121 e. The first kappa shape index (κ1) is 9.53. The van der Waals surface area contributed by atoms with Crippen LogP contribution in [0.4, 0.5) is 0 Å². The van der Waals surface area contributed by atoms with Crippen molar-refractivity contribution < 1.29 is 10.2 Å². The van der Waals surface area contributed by atoms with E-state index in [1.807, 2.05) is 19.1 Å². The van der Waals surface area contributed by atoms with Crippen molar-refractivity contribution in [1.29, 1.82) is 0 Å². The van der Waals surface area contributed by atoms with Gasteiger partial charge in [0.1, 0.15) is 5.75 Å². The molecule has 0 unspecified atom stereocenters. The molecule has 0 atom stereocenters. The number of aromatic hydroxyl groups is 1. The molecule has 2 nitrogen and oxygen atoms in total. The molecular weight excluding hydrogens is 176 g/mol. The lowest BCUT2D eigenvalue weighted by atomic mass is 9.88. The predicted molar refractivity (Wildman–Crippen MR) is 55.2 cm³/mol. The summed E-state index contributed by atoms with van der Waals surface area (Å²) in [6, 6.07) is 5.40. The molecule has 14 heavy (non-hydrogen) atoms. The van der Waals surface area contributed by atoms with Crippen LogP contribution in [0.2, 0.25) is 0 Å². The molecule has 0 amide bonds. The van der Waals surface area contributed by atoms with Crippen LogP contribution in [0.1, 0.15) is 36.8 Å². The molecule has 0 spiro atoms. The Labute approximate surface area is 84.2 Å². The van der Waals surface area contributed by atoms with Gasteiger partial charge in [-0.15, -0.1) is 0 Å². The molecule has 0 aliphatic heterocycles.